The van der Waals surface area contributed by atoms with Crippen molar-refractivity contribution in [2.45, 2.75) is 89.0 Å². The predicted molar refractivity (Wildman–Crippen MR) is 179 cm³/mol. The molecular formula is C38H42F4N2O7. The highest BCUT2D eigenvalue weighted by molar-refractivity contribution is 5.84. The Balaban J connectivity index is 1.30. The lowest BCUT2D eigenvalue weighted by molar-refractivity contribution is -0.156. The van der Waals surface area contributed by atoms with Gasteiger partial charge in [0.25, 0.3) is 0 Å². The molecule has 3 aromatic carbocycles. The Morgan fingerprint density at radius 1 is 0.902 bits per heavy atom. The molecule has 0 aliphatic heterocycles. The van der Waals surface area contributed by atoms with Crippen molar-refractivity contribution in [3.05, 3.63) is 89.0 Å². The molecule has 2 aliphatic rings. The van der Waals surface area contributed by atoms with E-state index in [-0.39, 0.29) is 24.6 Å². The van der Waals surface area contributed by atoms with Gasteiger partial charge < -0.3 is 24.6 Å². The average Bonchev–Trinajstić information content (AvgIpc) is 3.41. The van der Waals surface area contributed by atoms with Crippen molar-refractivity contribution < 1.29 is 51.3 Å². The van der Waals surface area contributed by atoms with E-state index in [0.29, 0.717) is 12.8 Å². The lowest BCUT2D eigenvalue weighted by atomic mass is 9.94. The number of carbonyl (C=O) groups is 3. The molecule has 0 saturated heterocycles. The zero-order valence-electron chi connectivity index (χ0n) is 28.7. The van der Waals surface area contributed by atoms with Crippen LogP contribution in [0.2, 0.25) is 0 Å². The summed E-state index contributed by atoms with van der Waals surface area (Å²) < 4.78 is 72.0. The monoisotopic (exact) mass is 714 g/mol. The van der Waals surface area contributed by atoms with Gasteiger partial charge in [0, 0.05) is 18.0 Å². The van der Waals surface area contributed by atoms with Crippen LogP contribution in [0.5, 0.6) is 5.75 Å². The molecule has 51 heavy (non-hydrogen) atoms. The van der Waals surface area contributed by atoms with Crippen LogP contribution in [0.25, 0.3) is 11.1 Å². The van der Waals surface area contributed by atoms with Crippen molar-refractivity contribution >= 4 is 18.0 Å². The SMILES string of the molecule is CC(C)(C)OC(=O)C[C@H](NC(=O)CN(C(=O)OCC1c2ccccc2-c2ccccc21)C1CCCCC1)C(O)COc1c(F)c(F)cc(F)c1F. The van der Waals surface area contributed by atoms with E-state index < -0.39 is 84.3 Å². The molecule has 2 amide bonds. The summed E-state index contributed by atoms with van der Waals surface area (Å²) in [5, 5.41) is 13.5. The smallest absolute Gasteiger partial charge is 0.410 e. The highest BCUT2D eigenvalue weighted by Gasteiger charge is 2.34. The minimum atomic E-state index is -1.82. The number of amides is 2. The maximum absolute atomic E-state index is 14.2. The molecule has 0 bridgehead atoms. The summed E-state index contributed by atoms with van der Waals surface area (Å²) in [6, 6.07) is 14.0. The van der Waals surface area contributed by atoms with E-state index in [0.717, 1.165) is 41.5 Å². The zero-order valence-corrected chi connectivity index (χ0v) is 28.7. The Hall–Kier alpha value is -4.65. The first-order chi connectivity index (χ1) is 24.2. The molecule has 2 N–H and O–H groups in total. The summed E-state index contributed by atoms with van der Waals surface area (Å²) >= 11 is 0. The van der Waals surface area contributed by atoms with Gasteiger partial charge in [0.2, 0.25) is 17.5 Å². The predicted octanol–water partition coefficient (Wildman–Crippen LogP) is 6.78. The summed E-state index contributed by atoms with van der Waals surface area (Å²) in [4.78, 5) is 41.4. The van der Waals surface area contributed by atoms with E-state index >= 15 is 0 Å². The largest absolute Gasteiger partial charge is 0.485 e. The molecule has 274 valence electrons. The maximum Gasteiger partial charge on any atom is 0.410 e. The van der Waals surface area contributed by atoms with Crippen LogP contribution in [-0.4, -0.2) is 71.5 Å². The summed E-state index contributed by atoms with van der Waals surface area (Å²) in [6.07, 6.45) is 0.795. The normalized spacial score (nSPS) is 15.7. The lowest BCUT2D eigenvalue weighted by Gasteiger charge is -2.34. The van der Waals surface area contributed by atoms with Gasteiger partial charge in [-0.25, -0.2) is 13.6 Å². The fourth-order valence-electron chi connectivity index (χ4n) is 6.63. The van der Waals surface area contributed by atoms with Gasteiger partial charge in [-0.2, -0.15) is 8.78 Å². The Morgan fingerprint density at radius 3 is 2.04 bits per heavy atom. The van der Waals surface area contributed by atoms with E-state index in [4.69, 9.17) is 14.2 Å². The van der Waals surface area contributed by atoms with Gasteiger partial charge in [-0.1, -0.05) is 67.8 Å². The standard InChI is InChI=1S/C38H42F4N2O7/c1-38(2,3)51-33(47)18-30(31(45)21-49-36-34(41)28(39)17-29(40)35(36)42)43-32(46)19-44(22-11-5-4-6-12-22)37(48)50-20-27-25-15-9-7-13-23(25)24-14-8-10-16-26(24)27/h7-10,13-17,22,27,30-31,45H,4-6,11-12,18-21H2,1-3H3,(H,43,46)/t30-,31?/m0/s1. The molecule has 1 fully saturated rings. The molecule has 5 rings (SSSR count). The molecule has 9 nitrogen and oxygen atoms in total. The van der Waals surface area contributed by atoms with Gasteiger partial charge in [0.1, 0.15) is 31.5 Å². The second kappa shape index (κ2) is 16.1. The van der Waals surface area contributed by atoms with Crippen molar-refractivity contribution in [2.75, 3.05) is 19.8 Å². The van der Waals surface area contributed by atoms with Crippen LogP contribution in [0.15, 0.2) is 54.6 Å². The van der Waals surface area contributed by atoms with Crippen molar-refractivity contribution in [1.82, 2.24) is 10.2 Å². The first kappa shape index (κ1) is 37.6. The third kappa shape index (κ3) is 9.18. The molecule has 2 aliphatic carbocycles. The first-order valence-corrected chi connectivity index (χ1v) is 17.0. The minimum Gasteiger partial charge on any atom is -0.485 e. The Kier molecular flexibility index (Phi) is 11.9. The topological polar surface area (TPSA) is 114 Å². The van der Waals surface area contributed by atoms with Gasteiger partial charge in [0.05, 0.1) is 12.5 Å². The van der Waals surface area contributed by atoms with E-state index in [1.165, 1.54) is 4.90 Å². The molecule has 1 saturated carbocycles. The molecule has 3 aromatic rings. The highest BCUT2D eigenvalue weighted by Crippen LogP contribution is 2.44. The number of nitrogens with zero attached hydrogens (tertiary/aromatic N) is 1. The number of rotatable bonds is 12. The van der Waals surface area contributed by atoms with Crippen LogP contribution in [0.3, 0.4) is 0 Å². The quantitative estimate of drug-likeness (QED) is 0.121. The van der Waals surface area contributed by atoms with Gasteiger partial charge in [0.15, 0.2) is 17.4 Å². The average molecular weight is 715 g/mol. The Labute approximate surface area is 293 Å². The van der Waals surface area contributed by atoms with E-state index in [1.54, 1.807) is 20.8 Å². The van der Waals surface area contributed by atoms with E-state index in [9.17, 15) is 37.1 Å². The fraction of sp³-hybridized carbons (Fsp3) is 0.447. The third-order valence-electron chi connectivity index (χ3n) is 8.99. The maximum atomic E-state index is 14.2. The molecule has 0 radical (unpaired) electrons. The second-order valence-corrected chi connectivity index (χ2v) is 13.9. The summed E-state index contributed by atoms with van der Waals surface area (Å²) in [5.41, 5.74) is 3.24. The van der Waals surface area contributed by atoms with E-state index in [2.05, 4.69) is 5.32 Å². The van der Waals surface area contributed by atoms with Crippen LogP contribution in [0, 0.1) is 23.3 Å². The number of aliphatic hydroxyl groups is 1. The molecule has 13 heteroatoms. The van der Waals surface area contributed by atoms with Crippen LogP contribution < -0.4 is 10.1 Å². The zero-order chi connectivity index (χ0) is 36.9. The second-order valence-electron chi connectivity index (χ2n) is 13.9. The molecule has 2 atom stereocenters. The Bertz CT molecular complexity index is 1670. The number of halogens is 4. The van der Waals surface area contributed by atoms with Gasteiger partial charge in [-0.05, 0) is 55.9 Å². The number of carbonyl (C=O) groups excluding carboxylic acids is 3. The van der Waals surface area contributed by atoms with Crippen molar-refractivity contribution in [2.24, 2.45) is 0 Å². The molecule has 0 spiro atoms. The van der Waals surface area contributed by atoms with E-state index in [1.807, 2.05) is 48.5 Å². The molecule has 0 aromatic heterocycles. The van der Waals surface area contributed by atoms with Crippen molar-refractivity contribution in [3.8, 4) is 16.9 Å². The number of hydrogen-bond donors (Lipinski definition) is 2. The Morgan fingerprint density at radius 2 is 1.47 bits per heavy atom. The number of hydrogen-bond acceptors (Lipinski definition) is 7. The fourth-order valence-corrected chi connectivity index (χ4v) is 6.63. The lowest BCUT2D eigenvalue weighted by Crippen LogP contribution is -2.53. The molecular weight excluding hydrogens is 672 g/mol. The number of nitrogens with one attached hydrogen (secondary N) is 1. The summed E-state index contributed by atoms with van der Waals surface area (Å²) in [6.45, 7) is 3.40. The summed E-state index contributed by atoms with van der Waals surface area (Å²) in [7, 11) is 0. The molecule has 1 unspecified atom stereocenters. The highest BCUT2D eigenvalue weighted by atomic mass is 19.2. The number of esters is 1. The number of fused-ring (bicyclic) bond motifs is 3. The van der Waals surface area contributed by atoms with Crippen molar-refractivity contribution in [3.63, 3.8) is 0 Å². The van der Waals surface area contributed by atoms with Crippen LogP contribution in [0.4, 0.5) is 22.4 Å². The van der Waals surface area contributed by atoms with Gasteiger partial charge >= 0.3 is 12.1 Å². The number of benzene rings is 3. The van der Waals surface area contributed by atoms with Gasteiger partial charge in [-0.15, -0.1) is 0 Å². The van der Waals surface area contributed by atoms with Crippen molar-refractivity contribution in [1.29, 1.82) is 0 Å². The first-order valence-electron chi connectivity index (χ1n) is 17.0. The summed E-state index contributed by atoms with van der Waals surface area (Å²) in [5.74, 6) is -10.3. The van der Waals surface area contributed by atoms with Crippen LogP contribution >= 0.6 is 0 Å². The molecule has 0 heterocycles. The van der Waals surface area contributed by atoms with Crippen LogP contribution in [0.1, 0.15) is 76.3 Å². The van der Waals surface area contributed by atoms with Gasteiger partial charge in [-0.3, -0.25) is 14.5 Å². The van der Waals surface area contributed by atoms with Crippen LogP contribution in [-0.2, 0) is 19.1 Å². The minimum absolute atomic E-state index is 0.00806. The number of ether oxygens (including phenoxy) is 3. The third-order valence-corrected chi connectivity index (χ3v) is 8.99. The number of aliphatic hydroxyl groups excluding tert-OH is 1.